The number of aliphatic carboxylic acids is 1. The Labute approximate surface area is 122 Å². The van der Waals surface area contributed by atoms with Crippen molar-refractivity contribution in [1.82, 2.24) is 0 Å². The number of carboxylic acids is 1. The highest BCUT2D eigenvalue weighted by Gasteiger charge is 2.44. The molecule has 0 spiro atoms. The normalized spacial score (nSPS) is 13.1. The fourth-order valence-corrected chi connectivity index (χ4v) is 1.84. The highest BCUT2D eigenvalue weighted by atomic mass is 16.5. The van der Waals surface area contributed by atoms with Gasteiger partial charge in [-0.3, -0.25) is 14.4 Å². The highest BCUT2D eigenvalue weighted by molar-refractivity contribution is 6.05. The molecule has 114 valence electrons. The van der Waals surface area contributed by atoms with Crippen LogP contribution in [0.2, 0.25) is 0 Å². The summed E-state index contributed by atoms with van der Waals surface area (Å²) in [5, 5.41) is 9.41. The molecule has 6 heteroatoms. The quantitative estimate of drug-likeness (QED) is 0.628. The van der Waals surface area contributed by atoms with Crippen LogP contribution in [0.15, 0.2) is 24.3 Å². The molecule has 0 saturated heterocycles. The van der Waals surface area contributed by atoms with E-state index >= 15 is 0 Å². The van der Waals surface area contributed by atoms with Crippen LogP contribution < -0.4 is 0 Å². The SMILES string of the molecule is CCOC(=O)C(C)(C(=O)O)c1cccc(CC(=O)OC)c1. The second kappa shape index (κ2) is 6.88. The highest BCUT2D eigenvalue weighted by Crippen LogP contribution is 2.27. The first kappa shape index (κ1) is 16.7. The Kier molecular flexibility index (Phi) is 5.46. The molecular weight excluding hydrogens is 276 g/mol. The summed E-state index contributed by atoms with van der Waals surface area (Å²) < 4.78 is 9.42. The third-order valence-electron chi connectivity index (χ3n) is 3.19. The topological polar surface area (TPSA) is 89.9 Å². The van der Waals surface area contributed by atoms with Gasteiger partial charge in [-0.1, -0.05) is 24.3 Å². The molecule has 1 aromatic carbocycles. The number of carbonyl (C=O) groups is 3. The van der Waals surface area contributed by atoms with Crippen molar-refractivity contribution in [2.24, 2.45) is 0 Å². The zero-order chi connectivity index (χ0) is 16.0. The lowest BCUT2D eigenvalue weighted by Crippen LogP contribution is -2.42. The molecule has 0 fully saturated rings. The van der Waals surface area contributed by atoms with E-state index in [1.54, 1.807) is 19.1 Å². The number of carboxylic acid groups (broad SMARTS) is 1. The second-order valence-electron chi connectivity index (χ2n) is 4.60. The van der Waals surface area contributed by atoms with Crippen LogP contribution in [0.3, 0.4) is 0 Å². The van der Waals surface area contributed by atoms with E-state index in [9.17, 15) is 19.5 Å². The van der Waals surface area contributed by atoms with Crippen LogP contribution in [-0.2, 0) is 35.7 Å². The molecule has 0 aliphatic carbocycles. The third kappa shape index (κ3) is 3.59. The minimum atomic E-state index is -1.82. The Hall–Kier alpha value is -2.37. The Morgan fingerprint density at radius 1 is 1.29 bits per heavy atom. The van der Waals surface area contributed by atoms with Crippen LogP contribution in [0.4, 0.5) is 0 Å². The molecule has 0 radical (unpaired) electrons. The van der Waals surface area contributed by atoms with Crippen LogP contribution in [0.1, 0.15) is 25.0 Å². The Balaban J connectivity index is 3.21. The maximum Gasteiger partial charge on any atom is 0.327 e. The largest absolute Gasteiger partial charge is 0.480 e. The lowest BCUT2D eigenvalue weighted by atomic mass is 9.81. The van der Waals surface area contributed by atoms with Crippen molar-refractivity contribution in [2.75, 3.05) is 13.7 Å². The van der Waals surface area contributed by atoms with Crippen LogP contribution >= 0.6 is 0 Å². The van der Waals surface area contributed by atoms with E-state index in [0.717, 1.165) is 0 Å². The first-order valence-corrected chi connectivity index (χ1v) is 6.43. The Morgan fingerprint density at radius 2 is 1.95 bits per heavy atom. The zero-order valence-corrected chi connectivity index (χ0v) is 12.2. The molecule has 0 amide bonds. The number of methoxy groups -OCH3 is 1. The predicted octanol–water partition coefficient (Wildman–Crippen LogP) is 1.31. The third-order valence-corrected chi connectivity index (χ3v) is 3.19. The summed E-state index contributed by atoms with van der Waals surface area (Å²) in [5.74, 6) is -2.59. The molecule has 0 bridgehead atoms. The van der Waals surface area contributed by atoms with Gasteiger partial charge in [0.2, 0.25) is 0 Å². The summed E-state index contributed by atoms with van der Waals surface area (Å²) in [5.41, 5.74) is -0.992. The van der Waals surface area contributed by atoms with Crippen molar-refractivity contribution in [3.8, 4) is 0 Å². The monoisotopic (exact) mass is 294 g/mol. The van der Waals surface area contributed by atoms with E-state index in [2.05, 4.69) is 4.74 Å². The van der Waals surface area contributed by atoms with Gasteiger partial charge in [-0.2, -0.15) is 0 Å². The lowest BCUT2D eigenvalue weighted by molar-refractivity contribution is -0.160. The van der Waals surface area contributed by atoms with Gasteiger partial charge >= 0.3 is 17.9 Å². The molecule has 21 heavy (non-hydrogen) atoms. The molecule has 1 aromatic rings. The van der Waals surface area contributed by atoms with E-state index in [4.69, 9.17) is 4.74 Å². The number of rotatable bonds is 6. The number of hydrogen-bond acceptors (Lipinski definition) is 5. The lowest BCUT2D eigenvalue weighted by Gasteiger charge is -2.23. The van der Waals surface area contributed by atoms with Gasteiger partial charge in [0, 0.05) is 0 Å². The smallest absolute Gasteiger partial charge is 0.327 e. The number of hydrogen-bond donors (Lipinski definition) is 1. The van der Waals surface area contributed by atoms with Crippen molar-refractivity contribution in [1.29, 1.82) is 0 Å². The van der Waals surface area contributed by atoms with Crippen molar-refractivity contribution in [3.63, 3.8) is 0 Å². The van der Waals surface area contributed by atoms with Gasteiger partial charge < -0.3 is 14.6 Å². The van der Waals surface area contributed by atoms with Crippen LogP contribution in [0.25, 0.3) is 0 Å². The molecule has 0 heterocycles. The van der Waals surface area contributed by atoms with Gasteiger partial charge in [0.1, 0.15) is 0 Å². The van der Waals surface area contributed by atoms with Crippen molar-refractivity contribution in [3.05, 3.63) is 35.4 Å². The molecule has 1 atom stereocenters. The van der Waals surface area contributed by atoms with Gasteiger partial charge in [0.05, 0.1) is 20.1 Å². The van der Waals surface area contributed by atoms with Gasteiger partial charge in [-0.25, -0.2) is 0 Å². The molecule has 1 N–H and O–H groups in total. The maximum atomic E-state index is 12.0. The summed E-state index contributed by atoms with van der Waals surface area (Å²) in [6.07, 6.45) is 0.00284. The molecular formula is C15H18O6. The van der Waals surface area contributed by atoms with E-state index in [-0.39, 0.29) is 18.6 Å². The molecule has 0 aliphatic rings. The van der Waals surface area contributed by atoms with Gasteiger partial charge in [-0.05, 0) is 25.0 Å². The molecule has 6 nitrogen and oxygen atoms in total. The molecule has 1 rings (SSSR count). The van der Waals surface area contributed by atoms with E-state index in [1.165, 1.54) is 26.2 Å². The number of esters is 2. The first-order valence-electron chi connectivity index (χ1n) is 6.43. The molecule has 1 unspecified atom stereocenters. The minimum absolute atomic E-state index is 0.00284. The van der Waals surface area contributed by atoms with E-state index in [0.29, 0.717) is 5.56 Å². The fourth-order valence-electron chi connectivity index (χ4n) is 1.84. The molecule has 0 saturated carbocycles. The average Bonchev–Trinajstić information content (AvgIpc) is 2.46. The Bertz CT molecular complexity index is 551. The molecule has 0 aliphatic heterocycles. The first-order chi connectivity index (χ1) is 9.86. The number of carbonyl (C=O) groups excluding carboxylic acids is 2. The summed E-state index contributed by atoms with van der Waals surface area (Å²) in [4.78, 5) is 34.8. The number of benzene rings is 1. The van der Waals surface area contributed by atoms with Crippen LogP contribution in [0, 0.1) is 0 Å². The average molecular weight is 294 g/mol. The summed E-state index contributed by atoms with van der Waals surface area (Å²) in [7, 11) is 1.27. The maximum absolute atomic E-state index is 12.0. The second-order valence-corrected chi connectivity index (χ2v) is 4.60. The summed E-state index contributed by atoms with van der Waals surface area (Å²) in [6, 6.07) is 6.27. The minimum Gasteiger partial charge on any atom is -0.480 e. The Morgan fingerprint density at radius 3 is 2.48 bits per heavy atom. The van der Waals surface area contributed by atoms with E-state index in [1.807, 2.05) is 0 Å². The van der Waals surface area contributed by atoms with Crippen molar-refractivity contribution < 1.29 is 29.0 Å². The number of ether oxygens (including phenoxy) is 2. The van der Waals surface area contributed by atoms with Crippen molar-refractivity contribution in [2.45, 2.75) is 25.7 Å². The van der Waals surface area contributed by atoms with Crippen LogP contribution in [-0.4, -0.2) is 36.7 Å². The summed E-state index contributed by atoms with van der Waals surface area (Å²) >= 11 is 0. The zero-order valence-electron chi connectivity index (χ0n) is 12.2. The van der Waals surface area contributed by atoms with Gasteiger partial charge in [0.25, 0.3) is 0 Å². The predicted molar refractivity (Wildman–Crippen MR) is 73.8 cm³/mol. The standard InChI is InChI=1S/C15H18O6/c1-4-21-14(19)15(2,13(17)18)11-7-5-6-10(8-11)9-12(16)20-3/h5-8H,4,9H2,1-3H3,(H,17,18). The van der Waals surface area contributed by atoms with Crippen LogP contribution in [0.5, 0.6) is 0 Å². The van der Waals surface area contributed by atoms with Gasteiger partial charge in [0.15, 0.2) is 5.41 Å². The van der Waals surface area contributed by atoms with E-state index < -0.39 is 23.3 Å². The summed E-state index contributed by atoms with van der Waals surface area (Å²) in [6.45, 7) is 2.97. The van der Waals surface area contributed by atoms with Gasteiger partial charge in [-0.15, -0.1) is 0 Å². The molecule has 0 aromatic heterocycles. The van der Waals surface area contributed by atoms with Crippen molar-refractivity contribution >= 4 is 17.9 Å². The fraction of sp³-hybridized carbons (Fsp3) is 0.400.